The van der Waals surface area contributed by atoms with Crippen molar-refractivity contribution in [1.29, 1.82) is 0 Å². The summed E-state index contributed by atoms with van der Waals surface area (Å²) in [5.74, 6) is 1.31. The molecule has 21 heavy (non-hydrogen) atoms. The molecule has 1 aromatic carbocycles. The molecule has 0 aliphatic heterocycles. The van der Waals surface area contributed by atoms with Gasteiger partial charge in [-0.2, -0.15) is 0 Å². The minimum absolute atomic E-state index is 0.195. The molecule has 2 unspecified atom stereocenters. The smallest absolute Gasteiger partial charge is 0.180 e. The zero-order chi connectivity index (χ0) is 15.3. The fraction of sp³-hybridized carbons (Fsp3) is 0.625. The zero-order valence-corrected chi connectivity index (χ0v) is 13.5. The van der Waals surface area contributed by atoms with E-state index in [1.54, 1.807) is 12.1 Å². The Bertz CT molecular complexity index is 557. The third-order valence-corrected chi connectivity index (χ3v) is 6.34. The first-order valence-electron chi connectivity index (χ1n) is 7.84. The third kappa shape index (κ3) is 3.98. The Morgan fingerprint density at radius 3 is 2.67 bits per heavy atom. The number of nitrogens with two attached hydrogens (primary N) is 1. The standard InChI is InChI=1S/C16H26N2O2S/c1-2-10-21(19,20)16-9-4-3-8-15(16)18-12-14-7-5-6-13(14)11-17/h3-4,8-9,13-14,18H,2,5-7,10-12,17H2,1H3. The SMILES string of the molecule is CCCS(=O)(=O)c1ccccc1NCC1CCCC1CN. The number of para-hydroxylation sites is 1. The van der Waals surface area contributed by atoms with E-state index in [2.05, 4.69) is 5.32 Å². The molecule has 0 amide bonds. The first kappa shape index (κ1) is 16.3. The molecule has 2 rings (SSSR count). The molecular weight excluding hydrogens is 284 g/mol. The van der Waals surface area contributed by atoms with Gasteiger partial charge in [0.1, 0.15) is 0 Å². The second-order valence-electron chi connectivity index (χ2n) is 5.88. The van der Waals surface area contributed by atoms with Crippen LogP contribution in [0.4, 0.5) is 5.69 Å². The Kier molecular flexibility index (Phi) is 5.65. The molecule has 0 spiro atoms. The van der Waals surface area contributed by atoms with Crippen LogP contribution in [0.1, 0.15) is 32.6 Å². The lowest BCUT2D eigenvalue weighted by molar-refractivity contribution is 0.414. The number of sulfone groups is 1. The van der Waals surface area contributed by atoms with Gasteiger partial charge in [0.15, 0.2) is 9.84 Å². The minimum Gasteiger partial charge on any atom is -0.384 e. The maximum absolute atomic E-state index is 12.3. The highest BCUT2D eigenvalue weighted by Gasteiger charge is 2.26. The summed E-state index contributed by atoms with van der Waals surface area (Å²) in [6, 6.07) is 7.21. The van der Waals surface area contributed by atoms with E-state index in [0.29, 0.717) is 23.2 Å². The van der Waals surface area contributed by atoms with Gasteiger partial charge in [0, 0.05) is 6.54 Å². The number of rotatable bonds is 7. The summed E-state index contributed by atoms with van der Waals surface area (Å²) in [5.41, 5.74) is 6.54. The molecule has 0 aromatic heterocycles. The predicted octanol–water partition coefficient (Wildman–Crippen LogP) is 2.66. The van der Waals surface area contributed by atoms with E-state index in [1.807, 2.05) is 19.1 Å². The highest BCUT2D eigenvalue weighted by Crippen LogP contribution is 2.32. The average molecular weight is 310 g/mol. The molecule has 0 heterocycles. The number of hydrogen-bond donors (Lipinski definition) is 2. The van der Waals surface area contributed by atoms with Gasteiger partial charge in [0.25, 0.3) is 0 Å². The predicted molar refractivity (Wildman–Crippen MR) is 87.2 cm³/mol. The van der Waals surface area contributed by atoms with Crippen molar-refractivity contribution in [2.24, 2.45) is 17.6 Å². The lowest BCUT2D eigenvalue weighted by atomic mass is 9.96. The van der Waals surface area contributed by atoms with Crippen molar-refractivity contribution in [3.05, 3.63) is 24.3 Å². The van der Waals surface area contributed by atoms with Crippen LogP contribution in [0.3, 0.4) is 0 Å². The largest absolute Gasteiger partial charge is 0.384 e. The van der Waals surface area contributed by atoms with Gasteiger partial charge >= 0.3 is 0 Å². The molecule has 3 N–H and O–H groups in total. The Labute approximate surface area is 128 Å². The molecule has 0 bridgehead atoms. The molecule has 1 aliphatic carbocycles. The second kappa shape index (κ2) is 7.27. The maximum Gasteiger partial charge on any atom is 0.180 e. The van der Waals surface area contributed by atoms with E-state index in [0.717, 1.165) is 18.8 Å². The van der Waals surface area contributed by atoms with Crippen molar-refractivity contribution in [2.75, 3.05) is 24.2 Å². The van der Waals surface area contributed by atoms with Gasteiger partial charge in [-0.15, -0.1) is 0 Å². The topological polar surface area (TPSA) is 72.2 Å². The van der Waals surface area contributed by atoms with E-state index < -0.39 is 9.84 Å². The summed E-state index contributed by atoms with van der Waals surface area (Å²) < 4.78 is 24.6. The Morgan fingerprint density at radius 2 is 1.95 bits per heavy atom. The van der Waals surface area contributed by atoms with E-state index >= 15 is 0 Å². The van der Waals surface area contributed by atoms with Crippen LogP contribution in [0.5, 0.6) is 0 Å². The van der Waals surface area contributed by atoms with E-state index in [-0.39, 0.29) is 5.75 Å². The zero-order valence-electron chi connectivity index (χ0n) is 12.7. The minimum atomic E-state index is -3.19. The molecule has 4 nitrogen and oxygen atoms in total. The number of benzene rings is 1. The molecule has 1 aliphatic rings. The van der Waals surface area contributed by atoms with Crippen LogP contribution in [0.2, 0.25) is 0 Å². The van der Waals surface area contributed by atoms with Crippen molar-refractivity contribution < 1.29 is 8.42 Å². The lowest BCUT2D eigenvalue weighted by Gasteiger charge is -2.20. The maximum atomic E-state index is 12.3. The lowest BCUT2D eigenvalue weighted by Crippen LogP contribution is -2.25. The molecule has 0 radical (unpaired) electrons. The summed E-state index contributed by atoms with van der Waals surface area (Å²) in [5, 5.41) is 3.35. The molecule has 0 saturated heterocycles. The van der Waals surface area contributed by atoms with Crippen molar-refractivity contribution >= 4 is 15.5 Å². The fourth-order valence-electron chi connectivity index (χ4n) is 3.20. The molecule has 2 atom stereocenters. The second-order valence-corrected chi connectivity index (χ2v) is 7.96. The van der Waals surface area contributed by atoms with Crippen LogP contribution >= 0.6 is 0 Å². The highest BCUT2D eigenvalue weighted by molar-refractivity contribution is 7.91. The summed E-state index contributed by atoms with van der Waals surface area (Å²) in [7, 11) is -3.19. The number of anilines is 1. The van der Waals surface area contributed by atoms with Crippen molar-refractivity contribution in [3.8, 4) is 0 Å². The van der Waals surface area contributed by atoms with Crippen molar-refractivity contribution in [1.82, 2.24) is 0 Å². The summed E-state index contributed by atoms with van der Waals surface area (Å²) in [4.78, 5) is 0.425. The third-order valence-electron chi connectivity index (χ3n) is 4.37. The van der Waals surface area contributed by atoms with Gasteiger partial charge in [-0.3, -0.25) is 0 Å². The molecule has 1 saturated carbocycles. The number of nitrogens with one attached hydrogen (secondary N) is 1. The van der Waals surface area contributed by atoms with Crippen molar-refractivity contribution in [3.63, 3.8) is 0 Å². The quantitative estimate of drug-likeness (QED) is 0.812. The molecule has 118 valence electrons. The van der Waals surface area contributed by atoms with Crippen molar-refractivity contribution in [2.45, 2.75) is 37.5 Å². The Hall–Kier alpha value is -1.07. The summed E-state index contributed by atoms with van der Waals surface area (Å²) in [6.07, 6.45) is 4.23. The Balaban J connectivity index is 2.10. The monoisotopic (exact) mass is 310 g/mol. The van der Waals surface area contributed by atoms with E-state index in [1.165, 1.54) is 19.3 Å². The molecule has 1 fully saturated rings. The van der Waals surface area contributed by atoms with Crippen LogP contribution < -0.4 is 11.1 Å². The van der Waals surface area contributed by atoms with Gasteiger partial charge in [-0.25, -0.2) is 8.42 Å². The van der Waals surface area contributed by atoms with Gasteiger partial charge in [0.2, 0.25) is 0 Å². The first-order chi connectivity index (χ1) is 10.1. The number of hydrogen-bond acceptors (Lipinski definition) is 4. The van der Waals surface area contributed by atoms with Gasteiger partial charge in [-0.05, 0) is 49.8 Å². The van der Waals surface area contributed by atoms with Crippen LogP contribution in [0.25, 0.3) is 0 Å². The molecule has 5 heteroatoms. The molecule has 1 aromatic rings. The summed E-state index contributed by atoms with van der Waals surface area (Å²) in [6.45, 7) is 3.42. The fourth-order valence-corrected chi connectivity index (χ4v) is 4.71. The van der Waals surface area contributed by atoms with Gasteiger partial charge in [-0.1, -0.05) is 25.5 Å². The van der Waals surface area contributed by atoms with Crippen LogP contribution in [-0.4, -0.2) is 27.3 Å². The van der Waals surface area contributed by atoms with Crippen LogP contribution in [-0.2, 0) is 9.84 Å². The van der Waals surface area contributed by atoms with E-state index in [4.69, 9.17) is 5.73 Å². The summed E-state index contributed by atoms with van der Waals surface area (Å²) >= 11 is 0. The molecular formula is C16H26N2O2S. The van der Waals surface area contributed by atoms with Gasteiger partial charge < -0.3 is 11.1 Å². The normalized spacial score (nSPS) is 22.4. The van der Waals surface area contributed by atoms with Crippen LogP contribution in [0.15, 0.2) is 29.2 Å². The van der Waals surface area contributed by atoms with Crippen LogP contribution in [0, 0.1) is 11.8 Å². The highest BCUT2D eigenvalue weighted by atomic mass is 32.2. The van der Waals surface area contributed by atoms with E-state index in [9.17, 15) is 8.42 Å². The first-order valence-corrected chi connectivity index (χ1v) is 9.49. The Morgan fingerprint density at radius 1 is 1.24 bits per heavy atom. The van der Waals surface area contributed by atoms with Gasteiger partial charge in [0.05, 0.1) is 16.3 Å². The average Bonchev–Trinajstić information content (AvgIpc) is 2.93.